The number of nitrogens with zero attached hydrogens (tertiary/aromatic N) is 2. The molecule has 1 heterocycles. The quantitative estimate of drug-likeness (QED) is 0.673. The van der Waals surface area contributed by atoms with Gasteiger partial charge in [-0.15, -0.1) is 0 Å². The molecule has 6 nitrogen and oxygen atoms in total. The fraction of sp³-hybridized carbons (Fsp3) is 0.250. The van der Waals surface area contributed by atoms with Gasteiger partial charge in [-0.05, 0) is 6.92 Å². The van der Waals surface area contributed by atoms with Gasteiger partial charge in [0, 0.05) is 30.3 Å². The Morgan fingerprint density at radius 2 is 2.05 bits per heavy atom. The summed E-state index contributed by atoms with van der Waals surface area (Å²) in [5.41, 5.74) is -0.0292. The van der Waals surface area contributed by atoms with Crippen molar-refractivity contribution in [2.24, 2.45) is 0 Å². The van der Waals surface area contributed by atoms with Crippen molar-refractivity contribution in [1.82, 2.24) is 10.5 Å². The third-order valence-electron chi connectivity index (χ3n) is 2.60. The molecule has 0 unspecified atom stereocenters. The van der Waals surface area contributed by atoms with Crippen molar-refractivity contribution >= 4 is 5.69 Å². The lowest BCUT2D eigenvalue weighted by Gasteiger charge is -2.05. The SMILES string of the molecule is Cc1cc(CNCc2cc([N+](=O)[O-])c(F)cc2F)on1. The molecule has 1 N–H and O–H groups in total. The highest BCUT2D eigenvalue weighted by Crippen LogP contribution is 2.21. The van der Waals surface area contributed by atoms with Crippen LogP contribution in [0.25, 0.3) is 0 Å². The Labute approximate surface area is 112 Å². The predicted molar refractivity (Wildman–Crippen MR) is 64.8 cm³/mol. The van der Waals surface area contributed by atoms with E-state index >= 15 is 0 Å². The van der Waals surface area contributed by atoms with E-state index in [0.29, 0.717) is 17.5 Å². The molecule has 2 rings (SSSR count). The minimum atomic E-state index is -1.19. The molecule has 0 fully saturated rings. The number of rotatable bonds is 5. The zero-order valence-electron chi connectivity index (χ0n) is 10.5. The molecule has 20 heavy (non-hydrogen) atoms. The molecule has 0 bridgehead atoms. The van der Waals surface area contributed by atoms with Crippen LogP contribution < -0.4 is 5.32 Å². The van der Waals surface area contributed by atoms with Crippen LogP contribution in [-0.4, -0.2) is 10.1 Å². The highest BCUT2D eigenvalue weighted by Gasteiger charge is 2.18. The molecular weight excluding hydrogens is 272 g/mol. The van der Waals surface area contributed by atoms with E-state index in [1.54, 1.807) is 13.0 Å². The highest BCUT2D eigenvalue weighted by molar-refractivity contribution is 5.37. The van der Waals surface area contributed by atoms with E-state index in [9.17, 15) is 18.9 Å². The van der Waals surface area contributed by atoms with Crippen LogP contribution >= 0.6 is 0 Å². The van der Waals surface area contributed by atoms with E-state index in [1.807, 2.05) is 0 Å². The lowest BCUT2D eigenvalue weighted by Crippen LogP contribution is -2.14. The smallest absolute Gasteiger partial charge is 0.305 e. The molecule has 106 valence electrons. The fourth-order valence-corrected chi connectivity index (χ4v) is 1.68. The Morgan fingerprint density at radius 1 is 1.30 bits per heavy atom. The molecular formula is C12H11F2N3O3. The number of aromatic nitrogens is 1. The van der Waals surface area contributed by atoms with Crippen molar-refractivity contribution in [3.05, 3.63) is 57.0 Å². The monoisotopic (exact) mass is 283 g/mol. The third kappa shape index (κ3) is 3.15. The summed E-state index contributed by atoms with van der Waals surface area (Å²) in [6.45, 7) is 2.05. The van der Waals surface area contributed by atoms with Crippen molar-refractivity contribution in [1.29, 1.82) is 0 Å². The first-order valence-electron chi connectivity index (χ1n) is 5.72. The van der Waals surface area contributed by atoms with Gasteiger partial charge >= 0.3 is 5.69 Å². The average molecular weight is 283 g/mol. The molecule has 0 aliphatic heterocycles. The summed E-state index contributed by atoms with van der Waals surface area (Å²) in [4.78, 5) is 9.69. The first-order valence-corrected chi connectivity index (χ1v) is 5.72. The molecule has 0 saturated carbocycles. The summed E-state index contributed by atoms with van der Waals surface area (Å²) < 4.78 is 31.6. The normalized spacial score (nSPS) is 10.8. The van der Waals surface area contributed by atoms with Crippen LogP contribution in [0.2, 0.25) is 0 Å². The number of hydrogen-bond acceptors (Lipinski definition) is 5. The second-order valence-electron chi connectivity index (χ2n) is 4.19. The Bertz CT molecular complexity index is 643. The molecule has 0 atom stereocenters. The zero-order chi connectivity index (χ0) is 14.7. The largest absolute Gasteiger partial charge is 0.360 e. The molecule has 0 aliphatic rings. The maximum atomic E-state index is 13.5. The number of aryl methyl sites for hydroxylation is 1. The summed E-state index contributed by atoms with van der Waals surface area (Å²) in [5.74, 6) is -1.48. The third-order valence-corrected chi connectivity index (χ3v) is 2.60. The van der Waals surface area contributed by atoms with Crippen molar-refractivity contribution in [3.8, 4) is 0 Å². The first-order chi connectivity index (χ1) is 9.47. The van der Waals surface area contributed by atoms with Crippen LogP contribution in [0.3, 0.4) is 0 Å². The fourth-order valence-electron chi connectivity index (χ4n) is 1.68. The van der Waals surface area contributed by atoms with E-state index in [1.165, 1.54) is 0 Å². The van der Waals surface area contributed by atoms with E-state index in [-0.39, 0.29) is 18.7 Å². The maximum Gasteiger partial charge on any atom is 0.305 e. The minimum absolute atomic E-state index is 0.00665. The molecule has 0 spiro atoms. The Kier molecular flexibility index (Phi) is 4.04. The standard InChI is InChI=1S/C12H11F2N3O3/c1-7-2-9(20-16-7)6-15-5-8-3-12(17(18)19)11(14)4-10(8)13/h2-4,15H,5-6H2,1H3. The van der Waals surface area contributed by atoms with E-state index < -0.39 is 22.2 Å². The van der Waals surface area contributed by atoms with Crippen LogP contribution in [0.5, 0.6) is 0 Å². The summed E-state index contributed by atoms with van der Waals surface area (Å²) in [6.07, 6.45) is 0. The second-order valence-corrected chi connectivity index (χ2v) is 4.19. The van der Waals surface area contributed by atoms with Crippen LogP contribution in [0.4, 0.5) is 14.5 Å². The van der Waals surface area contributed by atoms with E-state index in [2.05, 4.69) is 10.5 Å². The van der Waals surface area contributed by atoms with Gasteiger partial charge in [-0.3, -0.25) is 10.1 Å². The second kappa shape index (κ2) is 5.74. The van der Waals surface area contributed by atoms with E-state index in [4.69, 9.17) is 4.52 Å². The van der Waals surface area contributed by atoms with E-state index in [0.717, 1.165) is 6.07 Å². The van der Waals surface area contributed by atoms with Crippen molar-refractivity contribution < 1.29 is 18.2 Å². The number of halogens is 2. The molecule has 0 amide bonds. The molecule has 0 aliphatic carbocycles. The lowest BCUT2D eigenvalue weighted by atomic mass is 10.1. The molecule has 8 heteroatoms. The molecule has 0 radical (unpaired) electrons. The molecule has 0 saturated heterocycles. The number of nitro benzene ring substituents is 1. The lowest BCUT2D eigenvalue weighted by molar-refractivity contribution is -0.387. The van der Waals surface area contributed by atoms with Gasteiger partial charge in [0.1, 0.15) is 5.82 Å². The van der Waals surface area contributed by atoms with Crippen molar-refractivity contribution in [2.75, 3.05) is 0 Å². The average Bonchev–Trinajstić information content (AvgIpc) is 2.77. The van der Waals surface area contributed by atoms with Gasteiger partial charge in [-0.1, -0.05) is 5.16 Å². The number of nitrogens with one attached hydrogen (secondary N) is 1. The zero-order valence-corrected chi connectivity index (χ0v) is 10.5. The predicted octanol–water partition coefficient (Wildman–Crippen LogP) is 2.46. The highest BCUT2D eigenvalue weighted by atomic mass is 19.1. The number of benzene rings is 1. The van der Waals surface area contributed by atoms with Crippen LogP contribution in [-0.2, 0) is 13.1 Å². The van der Waals surface area contributed by atoms with Crippen molar-refractivity contribution in [3.63, 3.8) is 0 Å². The van der Waals surface area contributed by atoms with Gasteiger partial charge in [0.15, 0.2) is 5.76 Å². The Hall–Kier alpha value is -2.35. The molecule has 1 aromatic carbocycles. The summed E-state index contributed by atoms with van der Waals surface area (Å²) in [6, 6.07) is 3.09. The Balaban J connectivity index is 2.05. The van der Waals surface area contributed by atoms with Crippen molar-refractivity contribution in [2.45, 2.75) is 20.0 Å². The van der Waals surface area contributed by atoms with Gasteiger partial charge in [0.25, 0.3) is 0 Å². The minimum Gasteiger partial charge on any atom is -0.360 e. The summed E-state index contributed by atoms with van der Waals surface area (Å²) >= 11 is 0. The molecule has 1 aromatic heterocycles. The molecule has 2 aromatic rings. The maximum absolute atomic E-state index is 13.5. The number of nitro groups is 1. The van der Waals surface area contributed by atoms with Gasteiger partial charge in [0.05, 0.1) is 17.2 Å². The number of hydrogen-bond donors (Lipinski definition) is 1. The van der Waals surface area contributed by atoms with Gasteiger partial charge in [0.2, 0.25) is 5.82 Å². The van der Waals surface area contributed by atoms with Crippen LogP contribution in [0.15, 0.2) is 22.7 Å². The van der Waals surface area contributed by atoms with Crippen LogP contribution in [0.1, 0.15) is 17.0 Å². The Morgan fingerprint density at radius 3 is 2.65 bits per heavy atom. The van der Waals surface area contributed by atoms with Gasteiger partial charge < -0.3 is 9.84 Å². The topological polar surface area (TPSA) is 81.2 Å². The van der Waals surface area contributed by atoms with Gasteiger partial charge in [-0.25, -0.2) is 4.39 Å². The summed E-state index contributed by atoms with van der Waals surface area (Å²) in [7, 11) is 0. The van der Waals surface area contributed by atoms with Crippen LogP contribution in [0, 0.1) is 28.7 Å². The summed E-state index contributed by atoms with van der Waals surface area (Å²) in [5, 5.41) is 17.1. The first kappa shape index (κ1) is 14.1. The van der Waals surface area contributed by atoms with Gasteiger partial charge in [-0.2, -0.15) is 4.39 Å².